The number of carbonyl (C=O) groups is 1. The normalized spacial score (nSPS) is 10.8. The number of hydrogen-bond acceptors (Lipinski definition) is 4. The lowest BCUT2D eigenvalue weighted by Crippen LogP contribution is -2.22. The Morgan fingerprint density at radius 1 is 1.08 bits per heavy atom. The van der Waals surface area contributed by atoms with Crippen LogP contribution in [0.25, 0.3) is 15.3 Å². The molecule has 0 radical (unpaired) electrons. The van der Waals surface area contributed by atoms with E-state index in [9.17, 15) is 4.79 Å². The van der Waals surface area contributed by atoms with Gasteiger partial charge in [-0.2, -0.15) is 5.10 Å². The molecular formula is C18H14N4OS. The minimum atomic E-state index is -0.147. The van der Waals surface area contributed by atoms with Crippen LogP contribution in [-0.4, -0.2) is 20.7 Å². The molecule has 4 aromatic rings. The second-order valence-corrected chi connectivity index (χ2v) is 6.32. The predicted molar refractivity (Wildman–Crippen MR) is 94.4 cm³/mol. The first-order valence-electron chi connectivity index (χ1n) is 7.52. The Bertz CT molecular complexity index is 957. The van der Waals surface area contributed by atoms with Crippen LogP contribution >= 0.6 is 11.3 Å². The van der Waals surface area contributed by atoms with Crippen molar-refractivity contribution in [2.75, 3.05) is 0 Å². The van der Waals surface area contributed by atoms with Gasteiger partial charge in [-0.1, -0.05) is 53.8 Å². The maximum atomic E-state index is 12.3. The number of amides is 1. The summed E-state index contributed by atoms with van der Waals surface area (Å²) in [5.74, 6) is -0.147. The molecule has 0 spiro atoms. The molecule has 1 amide bonds. The van der Waals surface area contributed by atoms with Crippen molar-refractivity contribution in [3.63, 3.8) is 0 Å². The molecule has 0 aliphatic carbocycles. The van der Waals surface area contributed by atoms with Crippen LogP contribution in [0, 0.1) is 0 Å². The van der Waals surface area contributed by atoms with E-state index in [2.05, 4.69) is 15.4 Å². The largest absolute Gasteiger partial charge is 0.348 e. The van der Waals surface area contributed by atoms with E-state index in [1.54, 1.807) is 28.4 Å². The summed E-state index contributed by atoms with van der Waals surface area (Å²) >= 11 is 1.54. The number of carbonyl (C=O) groups excluding carboxylic acids is 1. The van der Waals surface area contributed by atoms with Crippen LogP contribution in [0.15, 0.2) is 67.0 Å². The van der Waals surface area contributed by atoms with Gasteiger partial charge in [0.2, 0.25) is 5.13 Å². The lowest BCUT2D eigenvalue weighted by Gasteiger charge is -2.03. The fourth-order valence-electron chi connectivity index (χ4n) is 2.38. The zero-order valence-corrected chi connectivity index (χ0v) is 13.5. The first-order valence-corrected chi connectivity index (χ1v) is 8.34. The summed E-state index contributed by atoms with van der Waals surface area (Å²) in [6.07, 6.45) is 3.27. The summed E-state index contributed by atoms with van der Waals surface area (Å²) in [5.41, 5.74) is 2.51. The minimum Gasteiger partial charge on any atom is -0.348 e. The van der Waals surface area contributed by atoms with Gasteiger partial charge in [-0.3, -0.25) is 4.79 Å². The Balaban J connectivity index is 1.50. The van der Waals surface area contributed by atoms with Crippen molar-refractivity contribution in [3.8, 4) is 5.13 Å². The summed E-state index contributed by atoms with van der Waals surface area (Å²) in [5, 5.41) is 7.91. The number of rotatable bonds is 4. The Morgan fingerprint density at radius 2 is 1.88 bits per heavy atom. The maximum absolute atomic E-state index is 12.3. The van der Waals surface area contributed by atoms with Crippen LogP contribution < -0.4 is 5.32 Å². The van der Waals surface area contributed by atoms with Gasteiger partial charge >= 0.3 is 0 Å². The van der Waals surface area contributed by atoms with Crippen LogP contribution in [0.4, 0.5) is 0 Å². The molecule has 0 atom stereocenters. The number of para-hydroxylation sites is 1. The molecule has 0 unspecified atom stereocenters. The standard InChI is InChI=1S/C18H14N4OS/c23-17(19-10-13-6-2-1-3-7-13)14-11-20-22(12-14)18-21-15-8-4-5-9-16(15)24-18/h1-9,11-12H,10H2,(H,19,23). The fraction of sp³-hybridized carbons (Fsp3) is 0.0556. The second-order valence-electron chi connectivity index (χ2n) is 5.31. The fourth-order valence-corrected chi connectivity index (χ4v) is 3.28. The molecular weight excluding hydrogens is 320 g/mol. The molecule has 0 fully saturated rings. The lowest BCUT2D eigenvalue weighted by molar-refractivity contribution is 0.0951. The highest BCUT2D eigenvalue weighted by molar-refractivity contribution is 7.20. The molecule has 6 heteroatoms. The third-order valence-corrected chi connectivity index (χ3v) is 4.65. The van der Waals surface area contributed by atoms with Gasteiger partial charge in [-0.15, -0.1) is 0 Å². The van der Waals surface area contributed by atoms with Crippen molar-refractivity contribution in [3.05, 3.63) is 78.1 Å². The van der Waals surface area contributed by atoms with E-state index in [1.165, 1.54) is 0 Å². The van der Waals surface area contributed by atoms with E-state index in [4.69, 9.17) is 0 Å². The number of benzene rings is 2. The van der Waals surface area contributed by atoms with Gasteiger partial charge in [-0.05, 0) is 17.7 Å². The molecule has 0 aliphatic rings. The molecule has 0 saturated heterocycles. The van der Waals surface area contributed by atoms with E-state index in [0.717, 1.165) is 20.9 Å². The quantitative estimate of drug-likeness (QED) is 0.622. The molecule has 2 aromatic carbocycles. The number of aromatic nitrogens is 3. The van der Waals surface area contributed by atoms with Crippen LogP contribution in [0.1, 0.15) is 15.9 Å². The molecule has 118 valence electrons. The van der Waals surface area contributed by atoms with E-state index >= 15 is 0 Å². The van der Waals surface area contributed by atoms with Gasteiger partial charge in [0.25, 0.3) is 5.91 Å². The summed E-state index contributed by atoms with van der Waals surface area (Å²) in [4.78, 5) is 16.8. The van der Waals surface area contributed by atoms with Crippen LogP contribution in [0.3, 0.4) is 0 Å². The predicted octanol–water partition coefficient (Wildman–Crippen LogP) is 3.41. The number of thiazole rings is 1. The Labute approximate surface area is 142 Å². The maximum Gasteiger partial charge on any atom is 0.254 e. The van der Waals surface area contributed by atoms with Gasteiger partial charge < -0.3 is 5.32 Å². The summed E-state index contributed by atoms with van der Waals surface area (Å²) in [6, 6.07) is 17.7. The van der Waals surface area contributed by atoms with E-state index in [1.807, 2.05) is 54.6 Å². The molecule has 2 heterocycles. The van der Waals surface area contributed by atoms with Crippen LogP contribution in [0.5, 0.6) is 0 Å². The molecule has 0 bridgehead atoms. The van der Waals surface area contributed by atoms with Crippen molar-refractivity contribution >= 4 is 27.5 Å². The topological polar surface area (TPSA) is 59.8 Å². The van der Waals surface area contributed by atoms with E-state index in [0.29, 0.717) is 12.1 Å². The van der Waals surface area contributed by atoms with Gasteiger partial charge in [0.1, 0.15) is 0 Å². The smallest absolute Gasteiger partial charge is 0.254 e. The first-order chi connectivity index (χ1) is 11.8. The van der Waals surface area contributed by atoms with E-state index < -0.39 is 0 Å². The van der Waals surface area contributed by atoms with Crippen LogP contribution in [0.2, 0.25) is 0 Å². The first kappa shape index (κ1) is 14.6. The summed E-state index contributed by atoms with van der Waals surface area (Å²) in [6.45, 7) is 0.492. The van der Waals surface area contributed by atoms with Crippen molar-refractivity contribution in [1.82, 2.24) is 20.1 Å². The van der Waals surface area contributed by atoms with Gasteiger partial charge in [0, 0.05) is 12.7 Å². The average Bonchev–Trinajstić information content (AvgIpc) is 3.27. The number of nitrogens with zero attached hydrogens (tertiary/aromatic N) is 3. The SMILES string of the molecule is O=C(NCc1ccccc1)c1cnn(-c2nc3ccccc3s2)c1. The monoisotopic (exact) mass is 334 g/mol. The zero-order chi connectivity index (χ0) is 16.4. The summed E-state index contributed by atoms with van der Waals surface area (Å²) < 4.78 is 2.74. The second kappa shape index (κ2) is 6.25. The van der Waals surface area contributed by atoms with Crippen molar-refractivity contribution in [2.45, 2.75) is 6.54 Å². The van der Waals surface area contributed by atoms with E-state index in [-0.39, 0.29) is 5.91 Å². The highest BCUT2D eigenvalue weighted by Gasteiger charge is 2.11. The third-order valence-electron chi connectivity index (χ3n) is 3.62. The Hall–Kier alpha value is -2.99. The molecule has 5 nitrogen and oxygen atoms in total. The molecule has 24 heavy (non-hydrogen) atoms. The van der Waals surface area contributed by atoms with Gasteiger partial charge in [-0.25, -0.2) is 9.67 Å². The highest BCUT2D eigenvalue weighted by atomic mass is 32.1. The Morgan fingerprint density at radius 3 is 2.71 bits per heavy atom. The highest BCUT2D eigenvalue weighted by Crippen LogP contribution is 2.24. The van der Waals surface area contributed by atoms with Crippen LogP contribution in [-0.2, 0) is 6.54 Å². The average molecular weight is 334 g/mol. The number of fused-ring (bicyclic) bond motifs is 1. The Kier molecular flexibility index (Phi) is 3.80. The summed E-state index contributed by atoms with van der Waals surface area (Å²) in [7, 11) is 0. The molecule has 0 saturated carbocycles. The molecule has 0 aliphatic heterocycles. The van der Waals surface area contributed by atoms with Crippen molar-refractivity contribution in [2.24, 2.45) is 0 Å². The van der Waals surface area contributed by atoms with Gasteiger partial charge in [0.05, 0.1) is 22.0 Å². The minimum absolute atomic E-state index is 0.147. The number of hydrogen-bond donors (Lipinski definition) is 1. The molecule has 2 aromatic heterocycles. The van der Waals surface area contributed by atoms with Gasteiger partial charge in [0.15, 0.2) is 0 Å². The molecule has 1 N–H and O–H groups in total. The third kappa shape index (κ3) is 2.91. The number of nitrogens with one attached hydrogen (secondary N) is 1. The zero-order valence-electron chi connectivity index (χ0n) is 12.7. The molecule has 4 rings (SSSR count). The van der Waals surface area contributed by atoms with Crippen molar-refractivity contribution in [1.29, 1.82) is 0 Å². The van der Waals surface area contributed by atoms with Crippen molar-refractivity contribution < 1.29 is 4.79 Å². The lowest BCUT2D eigenvalue weighted by atomic mass is 10.2.